The summed E-state index contributed by atoms with van der Waals surface area (Å²) in [5.74, 6) is -1.76. The topological polar surface area (TPSA) is 113 Å². The van der Waals surface area contributed by atoms with Crippen LogP contribution in [0.25, 0.3) is 10.9 Å². The summed E-state index contributed by atoms with van der Waals surface area (Å²) < 4.78 is 41.2. The van der Waals surface area contributed by atoms with Crippen molar-refractivity contribution in [3.63, 3.8) is 0 Å². The third-order valence-corrected chi connectivity index (χ3v) is 4.87. The van der Waals surface area contributed by atoms with Crippen molar-refractivity contribution >= 4 is 34.3 Å². The summed E-state index contributed by atoms with van der Waals surface area (Å²) in [6.07, 6.45) is -3.59. The van der Waals surface area contributed by atoms with Gasteiger partial charge in [0.2, 0.25) is 0 Å². The first-order valence-corrected chi connectivity index (χ1v) is 10.2. The van der Waals surface area contributed by atoms with E-state index in [1.54, 1.807) is 36.4 Å². The maximum absolute atomic E-state index is 12.5. The number of aromatic nitrogens is 2. The number of carbonyl (C=O) groups is 2. The van der Waals surface area contributed by atoms with E-state index in [-0.39, 0.29) is 11.1 Å². The number of carboxylic acid groups (broad SMARTS) is 1. The molecule has 0 bridgehead atoms. The number of para-hydroxylation sites is 1. The second kappa shape index (κ2) is 9.67. The number of fused-ring (bicyclic) bond motifs is 1. The number of carboxylic acids is 1. The van der Waals surface area contributed by atoms with E-state index >= 15 is 0 Å². The van der Waals surface area contributed by atoms with Gasteiger partial charge in [0.15, 0.2) is 0 Å². The average Bonchev–Trinajstić information content (AvgIpc) is 2.81. The number of nitrogens with one attached hydrogen (secondary N) is 2. The zero-order chi connectivity index (χ0) is 25.0. The highest BCUT2D eigenvalue weighted by atomic mass is 19.4. The van der Waals surface area contributed by atoms with Crippen molar-refractivity contribution in [1.82, 2.24) is 9.97 Å². The van der Waals surface area contributed by atoms with Gasteiger partial charge in [-0.1, -0.05) is 24.3 Å². The van der Waals surface area contributed by atoms with Gasteiger partial charge in [0.05, 0.1) is 11.1 Å². The summed E-state index contributed by atoms with van der Waals surface area (Å²) in [5, 5.41) is 15.7. The minimum absolute atomic E-state index is 0.00281. The van der Waals surface area contributed by atoms with E-state index in [1.807, 2.05) is 0 Å². The van der Waals surface area contributed by atoms with E-state index in [4.69, 9.17) is 0 Å². The van der Waals surface area contributed by atoms with E-state index in [9.17, 15) is 27.9 Å². The van der Waals surface area contributed by atoms with Gasteiger partial charge in [-0.3, -0.25) is 4.79 Å². The molecule has 0 aliphatic heterocycles. The smallest absolute Gasteiger partial charge is 0.478 e. The van der Waals surface area contributed by atoms with Crippen LogP contribution in [0.4, 0.5) is 24.7 Å². The monoisotopic (exact) mass is 482 g/mol. The highest BCUT2D eigenvalue weighted by molar-refractivity contribution is 6.05. The Morgan fingerprint density at radius 2 is 1.74 bits per heavy atom. The Hall–Kier alpha value is -4.67. The van der Waals surface area contributed by atoms with Crippen LogP contribution in [0.2, 0.25) is 0 Å². The fourth-order valence-corrected chi connectivity index (χ4v) is 3.38. The summed E-state index contributed by atoms with van der Waals surface area (Å²) in [4.78, 5) is 32.2. The zero-order valence-corrected chi connectivity index (χ0v) is 17.8. The number of hydrogen-bond acceptors (Lipinski definition) is 6. The summed E-state index contributed by atoms with van der Waals surface area (Å²) in [7, 11) is 0. The van der Waals surface area contributed by atoms with E-state index in [0.717, 1.165) is 17.7 Å². The SMILES string of the molecule is O=C(Nc1cccc(CNc2ncnc3c(C(=O)O)cccc23)c1)c1cccc(OC(F)(F)F)c1. The van der Waals surface area contributed by atoms with Gasteiger partial charge < -0.3 is 20.5 Å². The molecule has 0 atom stereocenters. The van der Waals surface area contributed by atoms with Gasteiger partial charge in [0, 0.05) is 23.2 Å². The third kappa shape index (κ3) is 5.82. The highest BCUT2D eigenvalue weighted by Gasteiger charge is 2.31. The lowest BCUT2D eigenvalue weighted by Crippen LogP contribution is -2.18. The van der Waals surface area contributed by atoms with Crippen LogP contribution >= 0.6 is 0 Å². The molecule has 11 heteroatoms. The number of carbonyl (C=O) groups excluding carboxylic acids is 1. The second-order valence-electron chi connectivity index (χ2n) is 7.31. The molecule has 4 rings (SSSR count). The molecule has 0 radical (unpaired) electrons. The molecule has 8 nitrogen and oxygen atoms in total. The molecule has 3 N–H and O–H groups in total. The van der Waals surface area contributed by atoms with Crippen LogP contribution in [-0.4, -0.2) is 33.3 Å². The van der Waals surface area contributed by atoms with Gasteiger partial charge in [-0.15, -0.1) is 13.2 Å². The lowest BCUT2D eigenvalue weighted by atomic mass is 10.1. The van der Waals surface area contributed by atoms with Crippen molar-refractivity contribution in [1.29, 1.82) is 0 Å². The van der Waals surface area contributed by atoms with E-state index < -0.39 is 24.0 Å². The largest absolute Gasteiger partial charge is 0.573 e. The second-order valence-corrected chi connectivity index (χ2v) is 7.31. The number of ether oxygens (including phenoxy) is 1. The van der Waals surface area contributed by atoms with Crippen LogP contribution in [0, 0.1) is 0 Å². The quantitative estimate of drug-likeness (QED) is 0.336. The number of hydrogen-bond donors (Lipinski definition) is 3. The summed E-state index contributed by atoms with van der Waals surface area (Å²) >= 11 is 0. The molecule has 1 aromatic heterocycles. The molecule has 178 valence electrons. The average molecular weight is 482 g/mol. The molecule has 1 heterocycles. The molecule has 0 aliphatic rings. The Kier molecular flexibility index (Phi) is 6.49. The number of rotatable bonds is 7. The Balaban J connectivity index is 1.47. The fourth-order valence-electron chi connectivity index (χ4n) is 3.38. The minimum Gasteiger partial charge on any atom is -0.478 e. The summed E-state index contributed by atoms with van der Waals surface area (Å²) in [5.41, 5.74) is 1.55. The number of amides is 1. The van der Waals surface area contributed by atoms with Gasteiger partial charge in [0.25, 0.3) is 5.91 Å². The molecule has 3 aromatic carbocycles. The minimum atomic E-state index is -4.86. The van der Waals surface area contributed by atoms with Crippen molar-refractivity contribution in [2.45, 2.75) is 12.9 Å². The number of halogens is 3. The maximum Gasteiger partial charge on any atom is 0.573 e. The third-order valence-electron chi connectivity index (χ3n) is 4.87. The van der Waals surface area contributed by atoms with Gasteiger partial charge in [0.1, 0.15) is 17.9 Å². The molecular weight excluding hydrogens is 465 g/mol. The standard InChI is InChI=1S/C24H17F3N4O4/c25-24(26,27)35-17-7-2-5-15(11-17)22(32)31-16-6-1-4-14(10-16)12-28-21-18-8-3-9-19(23(33)34)20(18)29-13-30-21/h1-11,13H,12H2,(H,31,32)(H,33,34)(H,28,29,30). The predicted octanol–water partition coefficient (Wildman–Crippen LogP) is 5.09. The van der Waals surface area contributed by atoms with Crippen LogP contribution in [0.3, 0.4) is 0 Å². The van der Waals surface area contributed by atoms with Crippen LogP contribution in [-0.2, 0) is 6.54 Å². The highest BCUT2D eigenvalue weighted by Crippen LogP contribution is 2.25. The summed E-state index contributed by atoms with van der Waals surface area (Å²) in [6, 6.07) is 16.4. The van der Waals surface area contributed by atoms with Crippen molar-refractivity contribution in [3.05, 3.63) is 89.7 Å². The molecule has 35 heavy (non-hydrogen) atoms. The number of benzene rings is 3. The van der Waals surface area contributed by atoms with E-state index in [0.29, 0.717) is 29.0 Å². The van der Waals surface area contributed by atoms with Crippen LogP contribution in [0.15, 0.2) is 73.1 Å². The van der Waals surface area contributed by atoms with Crippen molar-refractivity contribution in [3.8, 4) is 5.75 Å². The molecule has 0 unspecified atom stereocenters. The molecule has 0 saturated heterocycles. The molecule has 0 fully saturated rings. The Morgan fingerprint density at radius 1 is 0.971 bits per heavy atom. The molecular formula is C24H17F3N4O4. The number of aromatic carboxylic acids is 1. The Morgan fingerprint density at radius 3 is 2.51 bits per heavy atom. The van der Waals surface area contributed by atoms with Gasteiger partial charge in [-0.25, -0.2) is 14.8 Å². The first kappa shape index (κ1) is 23.5. The number of anilines is 2. The van der Waals surface area contributed by atoms with Crippen molar-refractivity contribution in [2.75, 3.05) is 10.6 Å². The lowest BCUT2D eigenvalue weighted by molar-refractivity contribution is -0.274. The Bertz CT molecular complexity index is 1410. The van der Waals surface area contributed by atoms with Crippen LogP contribution < -0.4 is 15.4 Å². The van der Waals surface area contributed by atoms with Crippen LogP contribution in [0.5, 0.6) is 5.75 Å². The molecule has 0 spiro atoms. The van der Waals surface area contributed by atoms with E-state index in [2.05, 4.69) is 25.3 Å². The van der Waals surface area contributed by atoms with Gasteiger partial charge in [-0.2, -0.15) is 0 Å². The zero-order valence-electron chi connectivity index (χ0n) is 17.8. The number of nitrogens with zero attached hydrogens (tertiary/aromatic N) is 2. The maximum atomic E-state index is 12.5. The van der Waals surface area contributed by atoms with Gasteiger partial charge >= 0.3 is 12.3 Å². The Labute approximate surface area is 196 Å². The van der Waals surface area contributed by atoms with Crippen molar-refractivity contribution < 1.29 is 32.6 Å². The van der Waals surface area contributed by atoms with Gasteiger partial charge in [-0.05, 0) is 48.0 Å². The normalized spacial score (nSPS) is 11.2. The summed E-state index contributed by atoms with van der Waals surface area (Å²) in [6.45, 7) is 0.294. The first-order chi connectivity index (χ1) is 16.7. The molecule has 4 aromatic rings. The first-order valence-electron chi connectivity index (χ1n) is 10.2. The van der Waals surface area contributed by atoms with Crippen molar-refractivity contribution in [2.24, 2.45) is 0 Å². The number of alkyl halides is 3. The lowest BCUT2D eigenvalue weighted by Gasteiger charge is -2.12. The van der Waals surface area contributed by atoms with Crippen LogP contribution in [0.1, 0.15) is 26.3 Å². The fraction of sp³-hybridized carbons (Fsp3) is 0.0833. The van der Waals surface area contributed by atoms with E-state index in [1.165, 1.54) is 24.5 Å². The molecule has 1 amide bonds. The molecule has 0 aliphatic carbocycles. The predicted molar refractivity (Wildman–Crippen MR) is 121 cm³/mol. The molecule has 0 saturated carbocycles.